The summed E-state index contributed by atoms with van der Waals surface area (Å²) >= 11 is 0. The summed E-state index contributed by atoms with van der Waals surface area (Å²) in [5, 5.41) is 2.91. The molecule has 0 saturated heterocycles. The molecule has 1 saturated carbocycles. The number of carbonyl (C=O) groups excluding carboxylic acids is 1. The zero-order valence-corrected chi connectivity index (χ0v) is 14.2. The van der Waals surface area contributed by atoms with Crippen molar-refractivity contribution in [3.8, 4) is 11.8 Å². The highest BCUT2D eigenvalue weighted by Gasteiger charge is 2.28. The average Bonchev–Trinajstić information content (AvgIpc) is 3.38. The van der Waals surface area contributed by atoms with Crippen LogP contribution in [0.1, 0.15) is 40.6 Å². The van der Waals surface area contributed by atoms with Gasteiger partial charge in [0.1, 0.15) is 11.4 Å². The molecule has 1 fully saturated rings. The van der Waals surface area contributed by atoms with Gasteiger partial charge in [0.15, 0.2) is 0 Å². The molecule has 0 radical (unpaired) electrons. The molecule has 2 aromatic rings. The maximum Gasteiger partial charge on any atom is 0.256 e. The second-order valence-corrected chi connectivity index (χ2v) is 5.85. The number of hydrogen-bond donors (Lipinski definition) is 1. The number of nitrogens with one attached hydrogen (secondary N) is 1. The Morgan fingerprint density at radius 1 is 1.33 bits per heavy atom. The van der Waals surface area contributed by atoms with Crippen molar-refractivity contribution in [3.05, 3.63) is 35.4 Å². The molecule has 0 aliphatic heterocycles. The number of aromatic nitrogens is 3. The summed E-state index contributed by atoms with van der Waals surface area (Å²) in [5.41, 5.74) is 1.51. The quantitative estimate of drug-likeness (QED) is 0.839. The molecule has 1 aliphatic carbocycles. The Labute approximate surface area is 141 Å². The molecule has 1 amide bonds. The molecule has 3 rings (SSSR count). The van der Waals surface area contributed by atoms with Crippen molar-refractivity contribution < 1.29 is 14.3 Å². The van der Waals surface area contributed by atoms with Crippen LogP contribution < -0.4 is 14.8 Å². The van der Waals surface area contributed by atoms with Crippen LogP contribution in [0.2, 0.25) is 0 Å². The van der Waals surface area contributed by atoms with Crippen LogP contribution in [0, 0.1) is 6.92 Å². The molecule has 2 aromatic heterocycles. The molecule has 0 atom stereocenters. The van der Waals surface area contributed by atoms with Gasteiger partial charge in [-0.25, -0.2) is 4.98 Å². The molecule has 128 valence electrons. The van der Waals surface area contributed by atoms with Crippen molar-refractivity contribution >= 4 is 5.91 Å². The van der Waals surface area contributed by atoms with E-state index in [0.29, 0.717) is 30.5 Å². The fourth-order valence-corrected chi connectivity index (χ4v) is 2.68. The van der Waals surface area contributed by atoms with Crippen molar-refractivity contribution in [2.24, 2.45) is 0 Å². The van der Waals surface area contributed by atoms with Gasteiger partial charge in [0, 0.05) is 37.0 Å². The molecule has 0 spiro atoms. The van der Waals surface area contributed by atoms with Crippen LogP contribution >= 0.6 is 0 Å². The third-order valence-electron chi connectivity index (χ3n) is 4.13. The first-order valence-corrected chi connectivity index (χ1v) is 8.03. The minimum atomic E-state index is -0.215. The van der Waals surface area contributed by atoms with Crippen molar-refractivity contribution in [2.45, 2.75) is 32.2 Å². The molecular weight excluding hydrogens is 308 g/mol. The first kappa shape index (κ1) is 16.3. The highest BCUT2D eigenvalue weighted by Crippen LogP contribution is 2.39. The number of rotatable bonds is 7. The third kappa shape index (κ3) is 3.34. The van der Waals surface area contributed by atoms with Gasteiger partial charge in [0.05, 0.1) is 14.2 Å². The maximum atomic E-state index is 12.4. The molecule has 0 bridgehead atoms. The van der Waals surface area contributed by atoms with Gasteiger partial charge in [0.2, 0.25) is 11.8 Å². The third-order valence-corrected chi connectivity index (χ3v) is 4.13. The minimum Gasteiger partial charge on any atom is -0.481 e. The van der Waals surface area contributed by atoms with Gasteiger partial charge in [-0.1, -0.05) is 0 Å². The van der Waals surface area contributed by atoms with E-state index in [2.05, 4.69) is 19.9 Å². The SMILES string of the molecule is COc1ccc(C(=O)NCCn2c(C)cnc2C2CC2)c(OC)n1. The molecule has 7 nitrogen and oxygen atoms in total. The molecule has 1 N–H and O–H groups in total. The average molecular weight is 330 g/mol. The number of methoxy groups -OCH3 is 2. The summed E-state index contributed by atoms with van der Waals surface area (Å²) in [5.74, 6) is 2.16. The van der Waals surface area contributed by atoms with Crippen LogP contribution in [-0.4, -0.2) is 41.2 Å². The van der Waals surface area contributed by atoms with E-state index in [9.17, 15) is 4.79 Å². The number of amides is 1. The van der Waals surface area contributed by atoms with Crippen LogP contribution in [0.3, 0.4) is 0 Å². The van der Waals surface area contributed by atoms with Crippen LogP contribution in [0.25, 0.3) is 0 Å². The van der Waals surface area contributed by atoms with Crippen LogP contribution in [0.5, 0.6) is 11.8 Å². The van der Waals surface area contributed by atoms with E-state index in [-0.39, 0.29) is 11.8 Å². The topological polar surface area (TPSA) is 78.3 Å². The summed E-state index contributed by atoms with van der Waals surface area (Å²) < 4.78 is 12.4. The zero-order chi connectivity index (χ0) is 17.1. The zero-order valence-electron chi connectivity index (χ0n) is 14.2. The predicted octanol–water partition coefficient (Wildman–Crippen LogP) is 1.91. The normalized spacial score (nSPS) is 13.6. The summed E-state index contributed by atoms with van der Waals surface area (Å²) in [6, 6.07) is 3.29. The summed E-state index contributed by atoms with van der Waals surface area (Å²) in [6.45, 7) is 3.26. The Hall–Kier alpha value is -2.57. The van der Waals surface area contributed by atoms with E-state index < -0.39 is 0 Å². The van der Waals surface area contributed by atoms with Crippen LogP contribution in [0.4, 0.5) is 0 Å². The second kappa shape index (κ2) is 6.90. The number of aryl methyl sites for hydroxylation is 1. The number of ether oxygens (including phenoxy) is 2. The Kier molecular flexibility index (Phi) is 4.69. The second-order valence-electron chi connectivity index (χ2n) is 5.85. The van der Waals surface area contributed by atoms with Gasteiger partial charge in [-0.3, -0.25) is 4.79 Å². The molecule has 0 unspecified atom stereocenters. The van der Waals surface area contributed by atoms with Crippen LogP contribution in [-0.2, 0) is 6.54 Å². The van der Waals surface area contributed by atoms with Crippen molar-refractivity contribution in [1.29, 1.82) is 0 Å². The Morgan fingerprint density at radius 2 is 2.12 bits per heavy atom. The van der Waals surface area contributed by atoms with E-state index in [4.69, 9.17) is 9.47 Å². The largest absolute Gasteiger partial charge is 0.481 e. The first-order chi connectivity index (χ1) is 11.6. The highest BCUT2D eigenvalue weighted by atomic mass is 16.5. The fourth-order valence-electron chi connectivity index (χ4n) is 2.68. The van der Waals surface area contributed by atoms with Crippen molar-refractivity contribution in [2.75, 3.05) is 20.8 Å². The molecule has 7 heteroatoms. The Bertz CT molecular complexity index is 737. The smallest absolute Gasteiger partial charge is 0.256 e. The summed E-state index contributed by atoms with van der Waals surface area (Å²) in [4.78, 5) is 21.0. The monoisotopic (exact) mass is 330 g/mol. The van der Waals surface area contributed by atoms with Gasteiger partial charge in [-0.05, 0) is 25.8 Å². The van der Waals surface area contributed by atoms with Gasteiger partial charge in [0.25, 0.3) is 5.91 Å². The van der Waals surface area contributed by atoms with Crippen LogP contribution in [0.15, 0.2) is 18.3 Å². The standard InChI is InChI=1S/C17H22N4O3/c1-11-10-19-15(12-4-5-12)21(11)9-8-18-16(22)13-6-7-14(23-2)20-17(13)24-3/h6-7,10,12H,4-5,8-9H2,1-3H3,(H,18,22). The number of nitrogens with zero attached hydrogens (tertiary/aromatic N) is 3. The lowest BCUT2D eigenvalue weighted by Crippen LogP contribution is -2.28. The summed E-state index contributed by atoms with van der Waals surface area (Å²) in [6.07, 6.45) is 4.31. The number of carbonyl (C=O) groups is 1. The van der Waals surface area contributed by atoms with E-state index in [1.807, 2.05) is 13.1 Å². The number of pyridine rings is 1. The lowest BCUT2D eigenvalue weighted by atomic mass is 10.2. The molecular formula is C17H22N4O3. The number of imidazole rings is 1. The first-order valence-electron chi connectivity index (χ1n) is 8.03. The molecule has 2 heterocycles. The van der Waals surface area contributed by atoms with Gasteiger partial charge in [-0.2, -0.15) is 4.98 Å². The molecule has 0 aromatic carbocycles. The van der Waals surface area contributed by atoms with E-state index in [0.717, 1.165) is 11.5 Å². The number of hydrogen-bond acceptors (Lipinski definition) is 5. The van der Waals surface area contributed by atoms with E-state index >= 15 is 0 Å². The highest BCUT2D eigenvalue weighted by molar-refractivity contribution is 5.96. The Balaban J connectivity index is 1.63. The van der Waals surface area contributed by atoms with Gasteiger partial charge >= 0.3 is 0 Å². The van der Waals surface area contributed by atoms with Gasteiger partial charge < -0.3 is 19.4 Å². The predicted molar refractivity (Wildman–Crippen MR) is 88.6 cm³/mol. The van der Waals surface area contributed by atoms with Gasteiger partial charge in [-0.15, -0.1) is 0 Å². The lowest BCUT2D eigenvalue weighted by Gasteiger charge is -2.12. The summed E-state index contributed by atoms with van der Waals surface area (Å²) in [7, 11) is 3.00. The van der Waals surface area contributed by atoms with Crippen molar-refractivity contribution in [1.82, 2.24) is 19.9 Å². The van der Waals surface area contributed by atoms with E-state index in [1.54, 1.807) is 12.1 Å². The fraction of sp³-hybridized carbons (Fsp3) is 0.471. The lowest BCUT2D eigenvalue weighted by molar-refractivity contribution is 0.0948. The minimum absolute atomic E-state index is 0.215. The Morgan fingerprint density at radius 3 is 2.79 bits per heavy atom. The van der Waals surface area contributed by atoms with E-state index in [1.165, 1.54) is 27.1 Å². The maximum absolute atomic E-state index is 12.4. The van der Waals surface area contributed by atoms with Crippen molar-refractivity contribution in [3.63, 3.8) is 0 Å². The molecule has 24 heavy (non-hydrogen) atoms. The molecule has 1 aliphatic rings.